The van der Waals surface area contributed by atoms with Gasteiger partial charge in [-0.05, 0) is 34.9 Å². The van der Waals surface area contributed by atoms with Crippen LogP contribution >= 0.6 is 0 Å². The molecule has 2 N–H and O–H groups in total. The highest BCUT2D eigenvalue weighted by Crippen LogP contribution is 2.30. The number of hydrogen-bond donors (Lipinski definition) is 1. The normalized spacial score (nSPS) is 11.4. The molecule has 3 aromatic rings. The first kappa shape index (κ1) is 19.3. The van der Waals surface area contributed by atoms with Crippen LogP contribution in [-0.4, -0.2) is 32.9 Å². The smallest absolute Gasteiger partial charge is 0.416 e. The van der Waals surface area contributed by atoms with Gasteiger partial charge in [-0.15, -0.1) is 10.2 Å². The van der Waals surface area contributed by atoms with Crippen molar-refractivity contribution < 1.29 is 22.7 Å². The molecule has 7 nitrogen and oxygen atoms in total. The number of halogens is 3. The number of rotatable bonds is 6. The lowest BCUT2D eigenvalue weighted by molar-refractivity contribution is -0.137. The summed E-state index contributed by atoms with van der Waals surface area (Å²) in [6.45, 7) is 0.204. The summed E-state index contributed by atoms with van der Waals surface area (Å²) in [6.07, 6.45) is -4.84. The molecule has 28 heavy (non-hydrogen) atoms. The Morgan fingerprint density at radius 3 is 2.50 bits per heavy atom. The number of primary amides is 1. The summed E-state index contributed by atoms with van der Waals surface area (Å²) >= 11 is 0. The number of benzene rings is 2. The summed E-state index contributed by atoms with van der Waals surface area (Å²) in [5.41, 5.74) is 6.48. The van der Waals surface area contributed by atoms with Gasteiger partial charge in [0, 0.05) is 5.56 Å². The van der Waals surface area contributed by atoms with Gasteiger partial charge in [-0.3, -0.25) is 0 Å². The number of nitrogens with zero attached hydrogens (tertiary/aromatic N) is 4. The van der Waals surface area contributed by atoms with E-state index in [0.29, 0.717) is 17.8 Å². The Morgan fingerprint density at radius 1 is 1.11 bits per heavy atom. The molecule has 0 bridgehead atoms. The third kappa shape index (κ3) is 4.84. The summed E-state index contributed by atoms with van der Waals surface area (Å²) in [7, 11) is 0. The molecule has 0 aliphatic carbocycles. The average Bonchev–Trinajstić information content (AvgIpc) is 3.10. The highest BCUT2D eigenvalue weighted by Gasteiger charge is 2.29. The number of alkyl halides is 3. The number of amides is 1. The molecule has 1 aromatic heterocycles. The van der Waals surface area contributed by atoms with Crippen molar-refractivity contribution in [1.29, 1.82) is 0 Å². The fourth-order valence-corrected chi connectivity index (χ4v) is 2.60. The van der Waals surface area contributed by atoms with E-state index >= 15 is 0 Å². The molecule has 0 radical (unpaired) electrons. The number of aromatic nitrogens is 4. The van der Waals surface area contributed by atoms with Gasteiger partial charge >= 0.3 is 12.3 Å². The number of hydrogen-bond acceptors (Lipinski definition) is 5. The summed E-state index contributed by atoms with van der Waals surface area (Å²) in [6, 6.07) is 12.3. The molecule has 1 amide bonds. The van der Waals surface area contributed by atoms with Crippen molar-refractivity contribution in [2.45, 2.75) is 19.1 Å². The third-order valence-corrected chi connectivity index (χ3v) is 3.92. The van der Waals surface area contributed by atoms with Gasteiger partial charge in [-0.2, -0.15) is 18.0 Å². The molecule has 1 heterocycles. The second-order valence-electron chi connectivity index (χ2n) is 5.91. The molecule has 2 aromatic carbocycles. The summed E-state index contributed by atoms with van der Waals surface area (Å²) in [5.74, 6) is 0.363. The monoisotopic (exact) mass is 391 g/mol. The molecule has 0 spiro atoms. The lowest BCUT2D eigenvalue weighted by Crippen LogP contribution is -2.17. The topological polar surface area (TPSA) is 95.9 Å². The SMILES string of the molecule is NC(=O)OCCn1nnc(-c2ccccc2Cc2ccc(C(F)(F)F)cc2)n1. The molecular formula is C18H16F3N5O2. The van der Waals surface area contributed by atoms with Crippen LogP contribution in [0.4, 0.5) is 18.0 Å². The zero-order valence-electron chi connectivity index (χ0n) is 14.6. The van der Waals surface area contributed by atoms with E-state index in [2.05, 4.69) is 20.1 Å². The van der Waals surface area contributed by atoms with Gasteiger partial charge in [0.15, 0.2) is 0 Å². The van der Waals surface area contributed by atoms with Crippen LogP contribution < -0.4 is 5.73 Å². The van der Waals surface area contributed by atoms with Gasteiger partial charge in [0.25, 0.3) is 0 Å². The lowest BCUT2D eigenvalue weighted by Gasteiger charge is -2.09. The van der Waals surface area contributed by atoms with Gasteiger partial charge in [-0.1, -0.05) is 36.4 Å². The first-order valence-corrected chi connectivity index (χ1v) is 8.27. The number of ether oxygens (including phenoxy) is 1. The molecule has 146 valence electrons. The van der Waals surface area contributed by atoms with E-state index in [0.717, 1.165) is 23.3 Å². The average molecular weight is 391 g/mol. The van der Waals surface area contributed by atoms with Crippen LogP contribution in [-0.2, 0) is 23.9 Å². The van der Waals surface area contributed by atoms with E-state index < -0.39 is 17.8 Å². The molecule has 0 aliphatic rings. The van der Waals surface area contributed by atoms with E-state index in [4.69, 9.17) is 5.73 Å². The van der Waals surface area contributed by atoms with E-state index in [1.54, 1.807) is 6.07 Å². The van der Waals surface area contributed by atoms with Gasteiger partial charge in [0.2, 0.25) is 5.82 Å². The highest BCUT2D eigenvalue weighted by molar-refractivity contribution is 5.64. The minimum absolute atomic E-state index is 0.0122. The Hall–Kier alpha value is -3.43. The van der Waals surface area contributed by atoms with E-state index in [-0.39, 0.29) is 13.2 Å². The molecular weight excluding hydrogens is 375 g/mol. The zero-order valence-corrected chi connectivity index (χ0v) is 14.6. The van der Waals surface area contributed by atoms with Crippen molar-refractivity contribution in [2.24, 2.45) is 5.73 Å². The predicted octanol–water partition coefficient (Wildman–Crippen LogP) is 3.05. The quantitative estimate of drug-likeness (QED) is 0.697. The van der Waals surface area contributed by atoms with Crippen molar-refractivity contribution in [2.75, 3.05) is 6.61 Å². The molecule has 0 unspecified atom stereocenters. The standard InChI is InChI=1S/C18H16F3N5O2/c19-18(20,21)14-7-5-12(6-8-14)11-13-3-1-2-4-15(13)16-23-25-26(24-16)9-10-28-17(22)27/h1-8H,9-11H2,(H2,22,27). The zero-order chi connectivity index (χ0) is 20.1. The molecule has 0 aliphatic heterocycles. The van der Waals surface area contributed by atoms with Crippen LogP contribution in [0.5, 0.6) is 0 Å². The second kappa shape index (κ2) is 8.07. The largest absolute Gasteiger partial charge is 0.448 e. The van der Waals surface area contributed by atoms with E-state index in [9.17, 15) is 18.0 Å². The van der Waals surface area contributed by atoms with Gasteiger partial charge in [0.1, 0.15) is 6.61 Å². The molecule has 0 fully saturated rings. The summed E-state index contributed by atoms with van der Waals surface area (Å²) in [5, 5.41) is 12.1. The van der Waals surface area contributed by atoms with Crippen molar-refractivity contribution in [3.8, 4) is 11.4 Å². The number of nitrogens with two attached hydrogens (primary N) is 1. The van der Waals surface area contributed by atoms with Crippen LogP contribution in [0.25, 0.3) is 11.4 Å². The maximum Gasteiger partial charge on any atom is 0.416 e. The third-order valence-electron chi connectivity index (χ3n) is 3.92. The molecule has 3 rings (SSSR count). The first-order chi connectivity index (χ1) is 13.3. The Labute approximate surface area is 157 Å². The lowest BCUT2D eigenvalue weighted by atomic mass is 9.98. The Balaban J connectivity index is 1.76. The van der Waals surface area contributed by atoms with Gasteiger partial charge in [-0.25, -0.2) is 4.79 Å². The second-order valence-corrected chi connectivity index (χ2v) is 5.91. The van der Waals surface area contributed by atoms with Crippen molar-refractivity contribution in [3.63, 3.8) is 0 Å². The first-order valence-electron chi connectivity index (χ1n) is 8.27. The van der Waals surface area contributed by atoms with Crippen LogP contribution in [0.3, 0.4) is 0 Å². The fraction of sp³-hybridized carbons (Fsp3) is 0.222. The molecule has 0 atom stereocenters. The predicted molar refractivity (Wildman–Crippen MR) is 93.0 cm³/mol. The summed E-state index contributed by atoms with van der Waals surface area (Å²) < 4.78 is 42.7. The van der Waals surface area contributed by atoms with E-state index in [1.165, 1.54) is 16.9 Å². The minimum Gasteiger partial charge on any atom is -0.448 e. The van der Waals surface area contributed by atoms with Crippen molar-refractivity contribution in [1.82, 2.24) is 20.2 Å². The maximum atomic E-state index is 12.7. The maximum absolute atomic E-state index is 12.7. The van der Waals surface area contributed by atoms with Crippen molar-refractivity contribution in [3.05, 3.63) is 65.2 Å². The van der Waals surface area contributed by atoms with Crippen LogP contribution in [0.2, 0.25) is 0 Å². The number of carbonyl (C=O) groups excluding carboxylic acids is 1. The van der Waals surface area contributed by atoms with Crippen LogP contribution in [0, 0.1) is 0 Å². The summed E-state index contributed by atoms with van der Waals surface area (Å²) in [4.78, 5) is 11.9. The van der Waals surface area contributed by atoms with Crippen LogP contribution in [0.1, 0.15) is 16.7 Å². The van der Waals surface area contributed by atoms with Gasteiger partial charge in [0.05, 0.1) is 12.1 Å². The Morgan fingerprint density at radius 2 is 1.82 bits per heavy atom. The Kier molecular flexibility index (Phi) is 5.57. The van der Waals surface area contributed by atoms with E-state index in [1.807, 2.05) is 18.2 Å². The highest BCUT2D eigenvalue weighted by atomic mass is 19.4. The van der Waals surface area contributed by atoms with Crippen molar-refractivity contribution >= 4 is 6.09 Å². The molecule has 10 heteroatoms. The number of tetrazole rings is 1. The van der Waals surface area contributed by atoms with Crippen LogP contribution in [0.15, 0.2) is 48.5 Å². The number of carbonyl (C=O) groups is 1. The molecule has 0 saturated carbocycles. The Bertz CT molecular complexity index is 954. The van der Waals surface area contributed by atoms with Gasteiger partial charge < -0.3 is 10.5 Å². The molecule has 0 saturated heterocycles. The fourth-order valence-electron chi connectivity index (χ4n) is 2.60. The minimum atomic E-state index is -4.36.